The number of amides is 3. The van der Waals surface area contributed by atoms with Crippen LogP contribution in [0.2, 0.25) is 0 Å². The molecule has 38 heavy (non-hydrogen) atoms. The Balaban J connectivity index is 1.38. The maximum atomic E-state index is 13.1. The summed E-state index contributed by atoms with van der Waals surface area (Å²) in [4.78, 5) is 50.4. The molecule has 4 aromatic rings. The lowest BCUT2D eigenvalue weighted by atomic mass is 10.1. The topological polar surface area (TPSA) is 115 Å². The van der Waals surface area contributed by atoms with E-state index in [1.54, 1.807) is 22.9 Å². The summed E-state index contributed by atoms with van der Waals surface area (Å²) in [7, 11) is 0. The zero-order valence-corrected chi connectivity index (χ0v) is 21.1. The van der Waals surface area contributed by atoms with Gasteiger partial charge >= 0.3 is 0 Å². The number of carbonyl (C=O) groups is 3. The molecule has 3 aromatic carbocycles. The van der Waals surface area contributed by atoms with Gasteiger partial charge in [0.1, 0.15) is 6.54 Å². The van der Waals surface area contributed by atoms with Crippen LogP contribution in [0.15, 0.2) is 83.9 Å². The van der Waals surface area contributed by atoms with Gasteiger partial charge in [-0.2, -0.15) is 0 Å². The second-order valence-electron chi connectivity index (χ2n) is 8.84. The fourth-order valence-electron chi connectivity index (χ4n) is 4.24. The number of aromatic nitrogens is 1. The van der Waals surface area contributed by atoms with E-state index in [0.29, 0.717) is 16.8 Å². The van der Waals surface area contributed by atoms with E-state index < -0.39 is 16.1 Å². The fourth-order valence-corrected chi connectivity index (χ4v) is 5.07. The number of imide groups is 1. The summed E-state index contributed by atoms with van der Waals surface area (Å²) >= 11 is 0.817. The highest BCUT2D eigenvalue weighted by Gasteiger charge is 2.35. The molecule has 1 aromatic heterocycles. The Kier molecular flexibility index (Phi) is 6.80. The molecule has 9 nitrogen and oxygen atoms in total. The molecule has 0 spiro atoms. The van der Waals surface area contributed by atoms with Crippen molar-refractivity contribution < 1.29 is 19.3 Å². The van der Waals surface area contributed by atoms with Gasteiger partial charge in [0.25, 0.3) is 16.8 Å². The average Bonchev–Trinajstić information content (AvgIpc) is 3.37. The van der Waals surface area contributed by atoms with Crippen LogP contribution in [0, 0.1) is 17.0 Å². The maximum Gasteiger partial charge on any atom is 0.293 e. The zero-order chi connectivity index (χ0) is 26.8. The van der Waals surface area contributed by atoms with Crippen LogP contribution >= 0.6 is 11.8 Å². The minimum atomic E-state index is -0.520. The first-order chi connectivity index (χ1) is 18.3. The number of thioether (sulfide) groups is 1. The number of non-ortho nitro benzene ring substituents is 1. The molecule has 1 aliphatic heterocycles. The molecule has 1 N–H and O–H groups in total. The summed E-state index contributed by atoms with van der Waals surface area (Å²) in [6.45, 7) is 1.97. The first kappa shape index (κ1) is 25.0. The molecule has 1 saturated heterocycles. The minimum Gasteiger partial charge on any atom is -0.337 e. The van der Waals surface area contributed by atoms with Crippen molar-refractivity contribution in [3.05, 3.63) is 111 Å². The van der Waals surface area contributed by atoms with Crippen molar-refractivity contribution in [2.24, 2.45) is 0 Å². The van der Waals surface area contributed by atoms with E-state index in [1.807, 2.05) is 55.5 Å². The van der Waals surface area contributed by atoms with E-state index in [2.05, 4.69) is 5.32 Å². The number of para-hydroxylation sites is 1. The number of hydrogen-bond acceptors (Lipinski definition) is 6. The molecule has 0 atom stereocenters. The van der Waals surface area contributed by atoms with E-state index in [1.165, 1.54) is 18.2 Å². The molecule has 0 saturated carbocycles. The van der Waals surface area contributed by atoms with E-state index in [0.717, 1.165) is 33.1 Å². The number of hydrogen-bond donors (Lipinski definition) is 1. The van der Waals surface area contributed by atoms with Crippen molar-refractivity contribution in [3.8, 4) is 0 Å². The molecular formula is C28H22N4O5S. The molecule has 5 rings (SSSR count). The van der Waals surface area contributed by atoms with E-state index in [4.69, 9.17) is 0 Å². The van der Waals surface area contributed by atoms with E-state index >= 15 is 0 Å². The standard InChI is InChI=1S/C28H22N4O5S/c1-18-9-11-21(12-10-18)29-26(33)17-30-16-20(23-7-2-3-8-24(23)30)14-25-27(34)31(28(35)38-25)15-19-5-4-6-22(13-19)32(36)37/h2-14,16H,15,17H2,1H3,(H,29,33). The smallest absolute Gasteiger partial charge is 0.293 e. The first-order valence-corrected chi connectivity index (χ1v) is 12.5. The Morgan fingerprint density at radius 3 is 2.58 bits per heavy atom. The van der Waals surface area contributed by atoms with Crippen molar-refractivity contribution >= 4 is 57.2 Å². The third kappa shape index (κ3) is 5.21. The lowest BCUT2D eigenvalue weighted by Crippen LogP contribution is -2.27. The molecule has 0 aliphatic carbocycles. The number of nitro groups is 1. The van der Waals surface area contributed by atoms with E-state index in [9.17, 15) is 24.5 Å². The highest BCUT2D eigenvalue weighted by Crippen LogP contribution is 2.35. The van der Waals surface area contributed by atoms with Crippen LogP contribution in [0.4, 0.5) is 16.2 Å². The Labute approximate surface area is 221 Å². The number of nitro benzene ring substituents is 1. The van der Waals surface area contributed by atoms with Gasteiger partial charge in [-0.3, -0.25) is 29.4 Å². The predicted octanol–water partition coefficient (Wildman–Crippen LogP) is 5.73. The molecule has 1 aliphatic rings. The van der Waals surface area contributed by atoms with Crippen LogP contribution in [-0.4, -0.2) is 31.4 Å². The lowest BCUT2D eigenvalue weighted by Gasteiger charge is -2.12. The number of aryl methyl sites for hydroxylation is 1. The SMILES string of the molecule is Cc1ccc(NC(=O)Cn2cc(C=C3SC(=O)N(Cc4cccc([N+](=O)[O-])c4)C3=O)c3ccccc32)cc1. The predicted molar refractivity (Wildman–Crippen MR) is 146 cm³/mol. The van der Waals surface area contributed by atoms with Gasteiger partial charge in [0.05, 0.1) is 16.4 Å². The van der Waals surface area contributed by atoms with Crippen molar-refractivity contribution in [2.45, 2.75) is 20.0 Å². The summed E-state index contributed by atoms with van der Waals surface area (Å²) in [5.41, 5.74) is 3.69. The van der Waals surface area contributed by atoms with Crippen molar-refractivity contribution in [3.63, 3.8) is 0 Å². The third-order valence-corrected chi connectivity index (χ3v) is 7.00. The van der Waals surface area contributed by atoms with Crippen LogP contribution < -0.4 is 5.32 Å². The van der Waals surface area contributed by atoms with Crippen LogP contribution in [0.25, 0.3) is 17.0 Å². The highest BCUT2D eigenvalue weighted by molar-refractivity contribution is 8.18. The number of carbonyl (C=O) groups excluding carboxylic acids is 3. The number of nitrogens with zero attached hydrogens (tertiary/aromatic N) is 3. The molecule has 0 radical (unpaired) electrons. The minimum absolute atomic E-state index is 0.0649. The van der Waals surface area contributed by atoms with Gasteiger partial charge in [-0.25, -0.2) is 0 Å². The molecule has 190 valence electrons. The van der Waals surface area contributed by atoms with Crippen LogP contribution in [0.3, 0.4) is 0 Å². The lowest BCUT2D eigenvalue weighted by molar-refractivity contribution is -0.384. The summed E-state index contributed by atoms with van der Waals surface area (Å²) in [6, 6.07) is 20.9. The summed E-state index contributed by atoms with van der Waals surface area (Å²) in [6.07, 6.45) is 3.43. The van der Waals surface area contributed by atoms with Gasteiger partial charge in [-0.05, 0) is 48.5 Å². The number of fused-ring (bicyclic) bond motifs is 1. The summed E-state index contributed by atoms with van der Waals surface area (Å²) < 4.78 is 1.80. The molecular weight excluding hydrogens is 504 g/mol. The number of nitrogens with one attached hydrogen (secondary N) is 1. The molecule has 1 fully saturated rings. The number of anilines is 1. The second-order valence-corrected chi connectivity index (χ2v) is 9.83. The van der Waals surface area contributed by atoms with Crippen molar-refractivity contribution in [1.29, 1.82) is 0 Å². The quantitative estimate of drug-likeness (QED) is 0.187. The van der Waals surface area contributed by atoms with Crippen LogP contribution in [0.1, 0.15) is 16.7 Å². The van der Waals surface area contributed by atoms with Gasteiger partial charge in [0.15, 0.2) is 0 Å². The zero-order valence-electron chi connectivity index (χ0n) is 20.3. The molecule has 2 heterocycles. The second kappa shape index (κ2) is 10.3. The van der Waals surface area contributed by atoms with Gasteiger partial charge in [-0.15, -0.1) is 0 Å². The monoisotopic (exact) mass is 526 g/mol. The Bertz CT molecular complexity index is 1620. The van der Waals surface area contributed by atoms with Crippen LogP contribution in [0.5, 0.6) is 0 Å². The highest BCUT2D eigenvalue weighted by atomic mass is 32.2. The average molecular weight is 527 g/mol. The summed E-state index contributed by atoms with van der Waals surface area (Å²) in [5, 5.41) is 14.3. The first-order valence-electron chi connectivity index (χ1n) is 11.7. The number of rotatable bonds is 7. The molecule has 0 unspecified atom stereocenters. The van der Waals surface area contributed by atoms with Crippen molar-refractivity contribution in [1.82, 2.24) is 9.47 Å². The summed E-state index contributed by atoms with van der Waals surface area (Å²) in [5.74, 6) is -0.668. The maximum absolute atomic E-state index is 13.1. The Hall–Kier alpha value is -4.70. The Morgan fingerprint density at radius 1 is 1.05 bits per heavy atom. The Morgan fingerprint density at radius 2 is 1.82 bits per heavy atom. The van der Waals surface area contributed by atoms with E-state index in [-0.39, 0.29) is 29.6 Å². The van der Waals surface area contributed by atoms with Gasteiger partial charge in [0.2, 0.25) is 5.91 Å². The van der Waals surface area contributed by atoms with Crippen molar-refractivity contribution in [2.75, 3.05) is 5.32 Å². The third-order valence-electron chi connectivity index (χ3n) is 6.09. The normalized spacial score (nSPS) is 14.4. The number of benzene rings is 3. The molecule has 0 bridgehead atoms. The fraction of sp³-hybridized carbons (Fsp3) is 0.107. The molecule has 10 heteroatoms. The van der Waals surface area contributed by atoms with Gasteiger partial charge in [0, 0.05) is 40.5 Å². The van der Waals surface area contributed by atoms with Crippen LogP contribution in [-0.2, 0) is 22.7 Å². The van der Waals surface area contributed by atoms with Gasteiger partial charge < -0.3 is 9.88 Å². The van der Waals surface area contributed by atoms with Gasteiger partial charge in [-0.1, -0.05) is 48.0 Å². The largest absolute Gasteiger partial charge is 0.337 e. The molecule has 3 amide bonds.